The number of piperazine rings is 1. The van der Waals surface area contributed by atoms with Crippen molar-refractivity contribution in [2.45, 2.75) is 6.54 Å². The van der Waals surface area contributed by atoms with E-state index >= 15 is 0 Å². The van der Waals surface area contributed by atoms with E-state index in [4.69, 9.17) is 9.72 Å². The first-order valence-electron chi connectivity index (χ1n) is 10.1. The molecule has 2 heterocycles. The van der Waals surface area contributed by atoms with E-state index in [9.17, 15) is 8.42 Å². The monoisotopic (exact) mass is 455 g/mol. The van der Waals surface area contributed by atoms with Crippen LogP contribution in [0.3, 0.4) is 0 Å². The zero-order valence-electron chi connectivity index (χ0n) is 17.3. The van der Waals surface area contributed by atoms with Crippen molar-refractivity contribution in [3.05, 3.63) is 76.6 Å². The standard InChI is InChI=1S/C23H25N3O3S2/c1-29-22-9-5-8-20(16-22)23-24-21(18-30-23)17-25-11-13-26(14-12-25)31(27,28)15-10-19-6-3-2-4-7-19/h2-10,15-16,18H,11-14,17H2,1H3. The fourth-order valence-electron chi connectivity index (χ4n) is 3.45. The molecule has 4 rings (SSSR count). The van der Waals surface area contributed by atoms with E-state index in [1.165, 1.54) is 5.41 Å². The van der Waals surface area contributed by atoms with Crippen molar-refractivity contribution in [3.63, 3.8) is 0 Å². The minimum atomic E-state index is -3.42. The van der Waals surface area contributed by atoms with Gasteiger partial charge in [-0.1, -0.05) is 42.5 Å². The van der Waals surface area contributed by atoms with Gasteiger partial charge in [0.25, 0.3) is 0 Å². The first-order valence-corrected chi connectivity index (χ1v) is 12.5. The molecule has 1 aliphatic rings. The molecule has 162 valence electrons. The van der Waals surface area contributed by atoms with Gasteiger partial charge in [0.1, 0.15) is 10.8 Å². The molecule has 0 radical (unpaired) electrons. The Morgan fingerprint density at radius 2 is 1.84 bits per heavy atom. The zero-order valence-corrected chi connectivity index (χ0v) is 19.0. The minimum absolute atomic E-state index is 0.480. The summed E-state index contributed by atoms with van der Waals surface area (Å²) in [6.45, 7) is 3.05. The van der Waals surface area contributed by atoms with Crippen molar-refractivity contribution in [1.29, 1.82) is 0 Å². The molecule has 1 aromatic heterocycles. The SMILES string of the molecule is COc1cccc(-c2nc(CN3CCN(S(=O)(=O)C=Cc4ccccc4)CC3)cs2)c1. The molecule has 31 heavy (non-hydrogen) atoms. The zero-order chi connectivity index (χ0) is 21.7. The van der Waals surface area contributed by atoms with Crippen LogP contribution in [-0.2, 0) is 16.6 Å². The Morgan fingerprint density at radius 3 is 2.58 bits per heavy atom. The second-order valence-corrected chi connectivity index (χ2v) is 9.99. The van der Waals surface area contributed by atoms with Gasteiger partial charge in [0.05, 0.1) is 12.8 Å². The number of thiazole rings is 1. The highest BCUT2D eigenvalue weighted by Gasteiger charge is 2.25. The number of hydrogen-bond acceptors (Lipinski definition) is 6. The molecule has 0 spiro atoms. The Morgan fingerprint density at radius 1 is 1.06 bits per heavy atom. The Hall–Kier alpha value is -2.52. The van der Waals surface area contributed by atoms with Gasteiger partial charge in [-0.15, -0.1) is 11.3 Å². The van der Waals surface area contributed by atoms with Gasteiger partial charge >= 0.3 is 0 Å². The molecule has 0 atom stereocenters. The van der Waals surface area contributed by atoms with E-state index in [-0.39, 0.29) is 0 Å². The highest BCUT2D eigenvalue weighted by molar-refractivity contribution is 7.92. The molecule has 0 unspecified atom stereocenters. The van der Waals surface area contributed by atoms with Crippen LogP contribution in [0.4, 0.5) is 0 Å². The third-order valence-corrected chi connectivity index (χ3v) is 7.68. The summed E-state index contributed by atoms with van der Waals surface area (Å²) in [6.07, 6.45) is 1.65. The Bertz CT molecular complexity index is 1140. The number of ether oxygens (including phenoxy) is 1. The summed E-state index contributed by atoms with van der Waals surface area (Å²) in [5.74, 6) is 0.813. The van der Waals surface area contributed by atoms with Crippen LogP contribution in [0.15, 0.2) is 65.4 Å². The maximum absolute atomic E-state index is 12.6. The molecule has 1 aliphatic heterocycles. The van der Waals surface area contributed by atoms with Gasteiger partial charge in [0.2, 0.25) is 10.0 Å². The number of methoxy groups -OCH3 is 1. The molecule has 0 saturated carbocycles. The highest BCUT2D eigenvalue weighted by Crippen LogP contribution is 2.27. The smallest absolute Gasteiger partial charge is 0.236 e. The molecule has 0 aliphatic carbocycles. The molecule has 0 amide bonds. The van der Waals surface area contributed by atoms with Crippen LogP contribution in [0.1, 0.15) is 11.3 Å². The minimum Gasteiger partial charge on any atom is -0.497 e. The van der Waals surface area contributed by atoms with Crippen molar-refractivity contribution < 1.29 is 13.2 Å². The summed E-state index contributed by atoms with van der Waals surface area (Å²) in [7, 11) is -1.76. The Labute approximate surface area is 187 Å². The number of nitrogens with zero attached hydrogens (tertiary/aromatic N) is 3. The number of hydrogen-bond donors (Lipinski definition) is 0. The Balaban J connectivity index is 1.33. The average Bonchev–Trinajstić information content (AvgIpc) is 3.27. The lowest BCUT2D eigenvalue weighted by Crippen LogP contribution is -2.47. The molecule has 3 aromatic rings. The van der Waals surface area contributed by atoms with Gasteiger partial charge in [-0.05, 0) is 23.8 Å². The molecule has 1 fully saturated rings. The van der Waals surface area contributed by atoms with E-state index in [0.29, 0.717) is 32.7 Å². The van der Waals surface area contributed by atoms with Gasteiger partial charge in [-0.25, -0.2) is 13.4 Å². The third-order valence-electron chi connectivity index (χ3n) is 5.18. The van der Waals surface area contributed by atoms with Crippen LogP contribution in [0.25, 0.3) is 16.6 Å². The van der Waals surface area contributed by atoms with Gasteiger partial charge < -0.3 is 4.74 Å². The lowest BCUT2D eigenvalue weighted by atomic mass is 10.2. The first kappa shape index (κ1) is 21.7. The van der Waals surface area contributed by atoms with Gasteiger partial charge in [0.15, 0.2) is 0 Å². The van der Waals surface area contributed by atoms with Crippen LogP contribution in [0.5, 0.6) is 5.75 Å². The van der Waals surface area contributed by atoms with E-state index in [0.717, 1.165) is 27.6 Å². The maximum atomic E-state index is 12.6. The van der Waals surface area contributed by atoms with E-state index in [1.807, 2.05) is 54.6 Å². The van der Waals surface area contributed by atoms with Crippen LogP contribution in [0, 0.1) is 0 Å². The summed E-state index contributed by atoms with van der Waals surface area (Å²) in [4.78, 5) is 7.01. The number of rotatable bonds is 7. The predicted molar refractivity (Wildman–Crippen MR) is 125 cm³/mol. The lowest BCUT2D eigenvalue weighted by molar-refractivity contribution is 0.181. The van der Waals surface area contributed by atoms with E-state index in [2.05, 4.69) is 10.3 Å². The van der Waals surface area contributed by atoms with Gasteiger partial charge in [0, 0.05) is 49.1 Å². The molecule has 6 nitrogen and oxygen atoms in total. The molecule has 8 heteroatoms. The summed E-state index contributed by atoms with van der Waals surface area (Å²) >= 11 is 1.61. The summed E-state index contributed by atoms with van der Waals surface area (Å²) in [5, 5.41) is 4.33. The van der Waals surface area contributed by atoms with Crippen LogP contribution in [-0.4, -0.2) is 55.9 Å². The maximum Gasteiger partial charge on any atom is 0.236 e. The van der Waals surface area contributed by atoms with E-state index in [1.54, 1.807) is 28.8 Å². The third kappa shape index (κ3) is 5.59. The summed E-state index contributed by atoms with van der Waals surface area (Å²) < 4.78 is 32.1. The summed E-state index contributed by atoms with van der Waals surface area (Å²) in [5.41, 5.74) is 2.92. The fourth-order valence-corrected chi connectivity index (χ4v) is 5.44. The number of benzene rings is 2. The second kappa shape index (κ2) is 9.74. The topological polar surface area (TPSA) is 62.7 Å². The molecular weight excluding hydrogens is 430 g/mol. The normalized spacial score (nSPS) is 16.0. The van der Waals surface area contributed by atoms with Gasteiger partial charge in [-0.2, -0.15) is 4.31 Å². The van der Waals surface area contributed by atoms with Crippen LogP contribution < -0.4 is 4.74 Å². The quantitative estimate of drug-likeness (QED) is 0.540. The van der Waals surface area contributed by atoms with Crippen LogP contribution >= 0.6 is 11.3 Å². The first-order chi connectivity index (χ1) is 15.0. The van der Waals surface area contributed by atoms with Crippen molar-refractivity contribution in [2.24, 2.45) is 0 Å². The predicted octanol–water partition coefficient (Wildman–Crippen LogP) is 3.94. The largest absolute Gasteiger partial charge is 0.497 e. The summed E-state index contributed by atoms with van der Waals surface area (Å²) in [6, 6.07) is 17.4. The molecule has 0 bridgehead atoms. The van der Waals surface area contributed by atoms with Crippen LogP contribution in [0.2, 0.25) is 0 Å². The molecule has 1 saturated heterocycles. The van der Waals surface area contributed by atoms with E-state index < -0.39 is 10.0 Å². The number of aromatic nitrogens is 1. The lowest BCUT2D eigenvalue weighted by Gasteiger charge is -2.32. The Kier molecular flexibility index (Phi) is 6.82. The molecule has 0 N–H and O–H groups in total. The molecule has 2 aromatic carbocycles. The highest BCUT2D eigenvalue weighted by atomic mass is 32.2. The average molecular weight is 456 g/mol. The fraction of sp³-hybridized carbons (Fsp3) is 0.261. The van der Waals surface area contributed by atoms with Crippen molar-refractivity contribution in [2.75, 3.05) is 33.3 Å². The number of sulfonamides is 1. The van der Waals surface area contributed by atoms with Crippen molar-refractivity contribution in [1.82, 2.24) is 14.2 Å². The van der Waals surface area contributed by atoms with Crippen molar-refractivity contribution in [3.8, 4) is 16.3 Å². The van der Waals surface area contributed by atoms with Crippen molar-refractivity contribution >= 4 is 27.4 Å². The van der Waals surface area contributed by atoms with Gasteiger partial charge in [-0.3, -0.25) is 4.90 Å². The molecular formula is C23H25N3O3S2. The second-order valence-electron chi connectivity index (χ2n) is 7.31.